The fourth-order valence-electron chi connectivity index (χ4n) is 1.95. The van der Waals surface area contributed by atoms with Crippen molar-refractivity contribution in [2.24, 2.45) is 0 Å². The normalized spacial score (nSPS) is 18.9. The van der Waals surface area contributed by atoms with Gasteiger partial charge in [0.15, 0.2) is 11.6 Å². The van der Waals surface area contributed by atoms with Crippen molar-refractivity contribution in [2.75, 3.05) is 0 Å². The van der Waals surface area contributed by atoms with E-state index in [0.29, 0.717) is 0 Å². The van der Waals surface area contributed by atoms with Crippen LogP contribution in [-0.4, -0.2) is 17.1 Å². The van der Waals surface area contributed by atoms with Gasteiger partial charge in [0.25, 0.3) is 0 Å². The van der Waals surface area contributed by atoms with E-state index in [9.17, 15) is 18.4 Å². The van der Waals surface area contributed by atoms with E-state index in [2.05, 4.69) is 10.6 Å². The van der Waals surface area contributed by atoms with Gasteiger partial charge in [-0.2, -0.15) is 0 Å². The third-order valence-corrected chi connectivity index (χ3v) is 2.79. The van der Waals surface area contributed by atoms with E-state index < -0.39 is 29.7 Å². The van der Waals surface area contributed by atoms with Crippen LogP contribution in [0.1, 0.15) is 18.5 Å². The molecule has 1 unspecified atom stereocenters. The van der Waals surface area contributed by atoms with Crippen LogP contribution in [0.15, 0.2) is 29.5 Å². The molecule has 0 saturated heterocycles. The van der Waals surface area contributed by atoms with Crippen LogP contribution in [0.2, 0.25) is 0 Å². The van der Waals surface area contributed by atoms with Gasteiger partial charge >= 0.3 is 12.0 Å². The maximum atomic E-state index is 13.7. The van der Waals surface area contributed by atoms with Gasteiger partial charge in [0.05, 0.1) is 11.6 Å². The van der Waals surface area contributed by atoms with Crippen molar-refractivity contribution < 1.29 is 23.5 Å². The summed E-state index contributed by atoms with van der Waals surface area (Å²) in [6, 6.07) is 1.48. The number of rotatable bonds is 2. The number of carboxylic acids is 1. The Balaban J connectivity index is 2.58. The van der Waals surface area contributed by atoms with Crippen molar-refractivity contribution >= 4 is 12.0 Å². The number of hydrogen-bond donors (Lipinski definition) is 3. The number of amides is 2. The second-order valence-electron chi connectivity index (χ2n) is 4.02. The number of carboxylic acid groups (broad SMARTS) is 1. The van der Waals surface area contributed by atoms with E-state index >= 15 is 0 Å². The van der Waals surface area contributed by atoms with E-state index in [1.54, 1.807) is 0 Å². The third kappa shape index (κ3) is 2.26. The number of urea groups is 1. The lowest BCUT2D eigenvalue weighted by molar-refractivity contribution is -0.133. The van der Waals surface area contributed by atoms with Crippen LogP contribution >= 0.6 is 0 Å². The molecule has 1 aromatic carbocycles. The molecule has 0 radical (unpaired) electrons. The number of hydrogen-bond acceptors (Lipinski definition) is 2. The van der Waals surface area contributed by atoms with Crippen molar-refractivity contribution in [3.63, 3.8) is 0 Å². The minimum atomic E-state index is -1.32. The molecule has 0 aromatic heterocycles. The minimum Gasteiger partial charge on any atom is -0.478 e. The van der Waals surface area contributed by atoms with Gasteiger partial charge in [-0.15, -0.1) is 0 Å². The summed E-state index contributed by atoms with van der Waals surface area (Å²) in [5, 5.41) is 13.7. The highest BCUT2D eigenvalue weighted by Crippen LogP contribution is 2.29. The second-order valence-corrected chi connectivity index (χ2v) is 4.02. The second kappa shape index (κ2) is 4.68. The third-order valence-electron chi connectivity index (χ3n) is 2.79. The van der Waals surface area contributed by atoms with Crippen LogP contribution in [0.25, 0.3) is 0 Å². The first-order chi connectivity index (χ1) is 8.91. The van der Waals surface area contributed by atoms with E-state index in [1.165, 1.54) is 19.1 Å². The Hall–Kier alpha value is -2.44. The average molecular weight is 268 g/mol. The first-order valence-electron chi connectivity index (χ1n) is 5.37. The summed E-state index contributed by atoms with van der Waals surface area (Å²) in [6.07, 6.45) is 0. The molecular formula is C12H10F2N2O3. The number of benzene rings is 1. The zero-order valence-corrected chi connectivity index (χ0v) is 9.83. The molecule has 5 nitrogen and oxygen atoms in total. The zero-order chi connectivity index (χ0) is 14.2. The Kier molecular flexibility index (Phi) is 3.20. The molecule has 0 saturated carbocycles. The molecule has 100 valence electrons. The highest BCUT2D eigenvalue weighted by molar-refractivity contribution is 5.93. The molecule has 2 rings (SSSR count). The van der Waals surface area contributed by atoms with E-state index in [4.69, 9.17) is 5.11 Å². The molecule has 19 heavy (non-hydrogen) atoms. The highest BCUT2D eigenvalue weighted by atomic mass is 19.2. The summed E-state index contributed by atoms with van der Waals surface area (Å²) in [5.41, 5.74) is -0.374. The van der Waals surface area contributed by atoms with Gasteiger partial charge < -0.3 is 15.7 Å². The number of carbonyl (C=O) groups is 2. The lowest BCUT2D eigenvalue weighted by Gasteiger charge is -2.27. The summed E-state index contributed by atoms with van der Waals surface area (Å²) in [6.45, 7) is 1.38. The summed E-state index contributed by atoms with van der Waals surface area (Å²) in [4.78, 5) is 22.5. The SMILES string of the molecule is CC1=C(C(=O)O)C(c2cccc(F)c2F)NC(=O)N1. The first kappa shape index (κ1) is 13.0. The molecule has 2 amide bonds. The van der Waals surface area contributed by atoms with Gasteiger partial charge in [0, 0.05) is 11.3 Å². The molecule has 1 atom stereocenters. The van der Waals surface area contributed by atoms with Crippen molar-refractivity contribution in [3.05, 3.63) is 46.7 Å². The lowest BCUT2D eigenvalue weighted by Crippen LogP contribution is -2.45. The Morgan fingerprint density at radius 1 is 1.37 bits per heavy atom. The molecule has 1 heterocycles. The van der Waals surface area contributed by atoms with Gasteiger partial charge in [0.1, 0.15) is 0 Å². The summed E-state index contributed by atoms with van der Waals surface area (Å²) in [5.74, 6) is -3.60. The molecule has 3 N–H and O–H groups in total. The number of carbonyl (C=O) groups excluding carboxylic acids is 1. The van der Waals surface area contributed by atoms with Crippen molar-refractivity contribution in [3.8, 4) is 0 Å². The number of aliphatic carboxylic acids is 1. The van der Waals surface area contributed by atoms with Crippen LogP contribution in [0.5, 0.6) is 0 Å². The maximum absolute atomic E-state index is 13.7. The van der Waals surface area contributed by atoms with Crippen LogP contribution < -0.4 is 10.6 Å². The van der Waals surface area contributed by atoms with Crippen molar-refractivity contribution in [1.29, 1.82) is 0 Å². The molecule has 7 heteroatoms. The fraction of sp³-hybridized carbons (Fsp3) is 0.167. The fourth-order valence-corrected chi connectivity index (χ4v) is 1.95. The van der Waals surface area contributed by atoms with Crippen LogP contribution in [0.3, 0.4) is 0 Å². The topological polar surface area (TPSA) is 78.4 Å². The van der Waals surface area contributed by atoms with Crippen LogP contribution in [0, 0.1) is 11.6 Å². The highest BCUT2D eigenvalue weighted by Gasteiger charge is 2.33. The van der Waals surface area contributed by atoms with E-state index in [1.807, 2.05) is 0 Å². The molecule has 0 spiro atoms. The maximum Gasteiger partial charge on any atom is 0.335 e. The van der Waals surface area contributed by atoms with E-state index in [-0.39, 0.29) is 16.8 Å². The minimum absolute atomic E-state index is 0.0879. The first-order valence-corrected chi connectivity index (χ1v) is 5.37. The average Bonchev–Trinajstić information content (AvgIpc) is 2.31. The van der Waals surface area contributed by atoms with Crippen LogP contribution in [-0.2, 0) is 4.79 Å². The molecule has 1 aromatic rings. The standard InChI is InChI=1S/C12H10F2N2O3/c1-5-8(11(17)18)10(16-12(19)15-5)6-3-2-4-7(13)9(6)14/h2-4,10H,1H3,(H,17,18)(H2,15,16,19). The largest absolute Gasteiger partial charge is 0.478 e. The van der Waals surface area contributed by atoms with Crippen molar-refractivity contribution in [1.82, 2.24) is 10.6 Å². The lowest BCUT2D eigenvalue weighted by atomic mass is 9.95. The molecule has 0 aliphatic carbocycles. The number of halogens is 2. The molecule has 1 aliphatic rings. The Morgan fingerprint density at radius 3 is 2.68 bits per heavy atom. The predicted octanol–water partition coefficient (Wildman–Crippen LogP) is 1.68. The van der Waals surface area contributed by atoms with Crippen LogP contribution in [0.4, 0.5) is 13.6 Å². The Labute approximate surface area is 106 Å². The Bertz CT molecular complexity index is 599. The molecule has 1 aliphatic heterocycles. The zero-order valence-electron chi connectivity index (χ0n) is 9.83. The Morgan fingerprint density at radius 2 is 2.05 bits per heavy atom. The molecular weight excluding hydrogens is 258 g/mol. The van der Waals surface area contributed by atoms with Gasteiger partial charge in [-0.05, 0) is 13.0 Å². The summed E-state index contributed by atoms with van der Waals surface area (Å²) < 4.78 is 26.9. The smallest absolute Gasteiger partial charge is 0.335 e. The monoisotopic (exact) mass is 268 g/mol. The number of nitrogens with one attached hydrogen (secondary N) is 2. The molecule has 0 fully saturated rings. The van der Waals surface area contributed by atoms with Gasteiger partial charge in [-0.25, -0.2) is 18.4 Å². The quantitative estimate of drug-likeness (QED) is 0.763. The van der Waals surface area contributed by atoms with Gasteiger partial charge in [0.2, 0.25) is 0 Å². The van der Waals surface area contributed by atoms with Crippen molar-refractivity contribution in [2.45, 2.75) is 13.0 Å². The van der Waals surface area contributed by atoms with E-state index in [0.717, 1.165) is 6.07 Å². The van der Waals surface area contributed by atoms with Gasteiger partial charge in [-0.3, -0.25) is 0 Å². The number of allylic oxidation sites excluding steroid dienone is 1. The van der Waals surface area contributed by atoms with Gasteiger partial charge in [-0.1, -0.05) is 12.1 Å². The molecule has 0 bridgehead atoms. The summed E-state index contributed by atoms with van der Waals surface area (Å²) in [7, 11) is 0. The predicted molar refractivity (Wildman–Crippen MR) is 61.1 cm³/mol. The summed E-state index contributed by atoms with van der Waals surface area (Å²) >= 11 is 0.